The molecule has 10 nitrogen and oxygen atoms in total. The lowest BCUT2D eigenvalue weighted by Gasteiger charge is -2.31. The molecule has 1 aromatic carbocycles. The Morgan fingerprint density at radius 2 is 1.79 bits per heavy atom. The summed E-state index contributed by atoms with van der Waals surface area (Å²) in [6.07, 6.45) is 1.46. The van der Waals surface area contributed by atoms with Crippen LogP contribution in [0.2, 0.25) is 0 Å². The minimum absolute atomic E-state index is 0.0167. The molecule has 0 unspecified atom stereocenters. The summed E-state index contributed by atoms with van der Waals surface area (Å²) in [7, 11) is 2.76. The van der Waals surface area contributed by atoms with Crippen molar-refractivity contribution in [2.75, 3.05) is 14.2 Å². The Hall–Kier alpha value is -3.43. The Kier molecular flexibility index (Phi) is 9.17. The summed E-state index contributed by atoms with van der Waals surface area (Å²) in [6.45, 7) is 9.17. The van der Waals surface area contributed by atoms with E-state index >= 15 is 0 Å². The van der Waals surface area contributed by atoms with Gasteiger partial charge in [-0.1, -0.05) is 49.4 Å². The van der Waals surface area contributed by atoms with E-state index in [1.165, 1.54) is 23.7 Å². The molecule has 0 spiro atoms. The molecule has 2 amide bonds. The van der Waals surface area contributed by atoms with Crippen molar-refractivity contribution in [3.8, 4) is 11.3 Å². The number of likely N-dealkylation sites (N-methyl/N-ethyl adjacent to an activating group) is 1. The van der Waals surface area contributed by atoms with E-state index in [4.69, 9.17) is 9.47 Å². The molecule has 1 aromatic heterocycles. The standard InChI is InChI=1S/C24H35N5O5/c1-16(2)13-20(28(6)23(32)34-24(3,4)5)21(30)25-19(22(31)33-7)15-29-14-18(26-27-29)17-11-9-8-10-12-17/h8-12,14,16,19-20H,13,15H2,1-7H3,(H,25,30)/t19-,20+/m1/s1. The van der Waals surface area contributed by atoms with Crippen molar-refractivity contribution in [2.45, 2.75) is 65.3 Å². The molecular weight excluding hydrogens is 438 g/mol. The van der Waals surface area contributed by atoms with Gasteiger partial charge in [0.1, 0.15) is 23.4 Å². The van der Waals surface area contributed by atoms with Gasteiger partial charge in [0.15, 0.2) is 0 Å². The van der Waals surface area contributed by atoms with Crippen molar-refractivity contribution >= 4 is 18.0 Å². The Bertz CT molecular complexity index is 968. The van der Waals surface area contributed by atoms with Crippen LogP contribution < -0.4 is 5.32 Å². The molecule has 0 saturated carbocycles. The van der Waals surface area contributed by atoms with Crippen LogP contribution in [0.5, 0.6) is 0 Å². The summed E-state index contributed by atoms with van der Waals surface area (Å²) in [5.74, 6) is -1.00. The fourth-order valence-corrected chi connectivity index (χ4v) is 3.25. The average molecular weight is 474 g/mol. The number of carbonyl (C=O) groups excluding carboxylic acids is 3. The Morgan fingerprint density at radius 3 is 2.35 bits per heavy atom. The Balaban J connectivity index is 2.19. The molecule has 0 fully saturated rings. The lowest BCUT2D eigenvalue weighted by molar-refractivity contribution is -0.146. The van der Waals surface area contributed by atoms with Crippen LogP contribution in [0.4, 0.5) is 4.79 Å². The first kappa shape index (κ1) is 26.8. The maximum absolute atomic E-state index is 13.2. The van der Waals surface area contributed by atoms with Gasteiger partial charge in [-0.2, -0.15) is 0 Å². The van der Waals surface area contributed by atoms with Crippen molar-refractivity contribution in [1.82, 2.24) is 25.2 Å². The molecular formula is C24H35N5O5. The lowest BCUT2D eigenvalue weighted by Crippen LogP contribution is -2.54. The number of amides is 2. The highest BCUT2D eigenvalue weighted by atomic mass is 16.6. The zero-order valence-electron chi connectivity index (χ0n) is 20.9. The molecule has 2 rings (SSSR count). The third-order valence-electron chi connectivity index (χ3n) is 4.93. The van der Waals surface area contributed by atoms with Crippen molar-refractivity contribution in [1.29, 1.82) is 0 Å². The van der Waals surface area contributed by atoms with Gasteiger partial charge in [0.05, 0.1) is 19.9 Å². The van der Waals surface area contributed by atoms with E-state index in [-0.39, 0.29) is 12.5 Å². The van der Waals surface area contributed by atoms with E-state index in [0.717, 1.165) is 5.56 Å². The van der Waals surface area contributed by atoms with Crippen LogP contribution in [0.1, 0.15) is 41.0 Å². The zero-order chi connectivity index (χ0) is 25.5. The molecule has 2 aromatic rings. The van der Waals surface area contributed by atoms with Gasteiger partial charge in [0.25, 0.3) is 0 Å². The van der Waals surface area contributed by atoms with Crippen LogP contribution in [-0.2, 0) is 25.6 Å². The van der Waals surface area contributed by atoms with Gasteiger partial charge in [0, 0.05) is 12.6 Å². The van der Waals surface area contributed by atoms with E-state index in [0.29, 0.717) is 12.1 Å². The first-order valence-corrected chi connectivity index (χ1v) is 11.2. The normalized spacial score (nSPS) is 13.2. The third kappa shape index (κ3) is 7.86. The number of nitrogens with zero attached hydrogens (tertiary/aromatic N) is 4. The lowest BCUT2D eigenvalue weighted by atomic mass is 10.0. The zero-order valence-corrected chi connectivity index (χ0v) is 20.9. The molecule has 2 atom stereocenters. The van der Waals surface area contributed by atoms with Crippen LogP contribution in [0, 0.1) is 5.92 Å². The van der Waals surface area contributed by atoms with Crippen LogP contribution in [0.15, 0.2) is 36.5 Å². The molecule has 10 heteroatoms. The highest BCUT2D eigenvalue weighted by Gasteiger charge is 2.33. The largest absolute Gasteiger partial charge is 0.467 e. The SMILES string of the molecule is COC(=O)[C@@H](Cn1cc(-c2ccccc2)nn1)NC(=O)[C@H](CC(C)C)N(C)C(=O)OC(C)(C)C. The fraction of sp³-hybridized carbons (Fsp3) is 0.542. The quantitative estimate of drug-likeness (QED) is 0.557. The van der Waals surface area contributed by atoms with Crippen LogP contribution in [0.3, 0.4) is 0 Å². The summed E-state index contributed by atoms with van der Waals surface area (Å²) >= 11 is 0. The summed E-state index contributed by atoms with van der Waals surface area (Å²) in [5.41, 5.74) is 0.809. The molecule has 1 heterocycles. The minimum Gasteiger partial charge on any atom is -0.467 e. The summed E-state index contributed by atoms with van der Waals surface area (Å²) in [6, 6.07) is 7.62. The highest BCUT2D eigenvalue weighted by molar-refractivity contribution is 5.89. The van der Waals surface area contributed by atoms with Gasteiger partial charge < -0.3 is 14.8 Å². The smallest absolute Gasteiger partial charge is 0.410 e. The number of esters is 1. The molecule has 0 aliphatic heterocycles. The maximum atomic E-state index is 13.2. The second-order valence-corrected chi connectivity index (χ2v) is 9.51. The van der Waals surface area contributed by atoms with Gasteiger partial charge >= 0.3 is 12.1 Å². The number of aromatic nitrogens is 3. The van der Waals surface area contributed by atoms with E-state index in [1.807, 2.05) is 44.2 Å². The summed E-state index contributed by atoms with van der Waals surface area (Å²) in [5, 5.41) is 10.9. The number of nitrogens with one attached hydrogen (secondary N) is 1. The van der Waals surface area contributed by atoms with Crippen molar-refractivity contribution in [2.24, 2.45) is 5.92 Å². The number of benzene rings is 1. The fourth-order valence-electron chi connectivity index (χ4n) is 3.25. The first-order chi connectivity index (χ1) is 15.9. The molecule has 34 heavy (non-hydrogen) atoms. The topological polar surface area (TPSA) is 116 Å². The first-order valence-electron chi connectivity index (χ1n) is 11.2. The summed E-state index contributed by atoms with van der Waals surface area (Å²) < 4.78 is 11.8. The van der Waals surface area contributed by atoms with Gasteiger partial charge in [-0.05, 0) is 33.1 Å². The Morgan fingerprint density at radius 1 is 1.15 bits per heavy atom. The van der Waals surface area contributed by atoms with Gasteiger partial charge in [-0.3, -0.25) is 9.69 Å². The minimum atomic E-state index is -1.02. The van der Waals surface area contributed by atoms with E-state index in [2.05, 4.69) is 15.6 Å². The van der Waals surface area contributed by atoms with Crippen molar-refractivity contribution in [3.05, 3.63) is 36.5 Å². The van der Waals surface area contributed by atoms with Gasteiger partial charge in [-0.15, -0.1) is 5.10 Å². The van der Waals surface area contributed by atoms with Gasteiger partial charge in [-0.25, -0.2) is 14.3 Å². The predicted molar refractivity (Wildman–Crippen MR) is 127 cm³/mol. The van der Waals surface area contributed by atoms with E-state index < -0.39 is 35.7 Å². The van der Waals surface area contributed by atoms with Crippen molar-refractivity contribution in [3.63, 3.8) is 0 Å². The van der Waals surface area contributed by atoms with Crippen LogP contribution in [-0.4, -0.2) is 69.7 Å². The highest BCUT2D eigenvalue weighted by Crippen LogP contribution is 2.17. The number of rotatable bonds is 9. The Labute approximate surface area is 200 Å². The predicted octanol–water partition coefficient (Wildman–Crippen LogP) is 2.88. The van der Waals surface area contributed by atoms with E-state index in [1.54, 1.807) is 27.0 Å². The number of ether oxygens (including phenoxy) is 2. The maximum Gasteiger partial charge on any atom is 0.410 e. The summed E-state index contributed by atoms with van der Waals surface area (Å²) in [4.78, 5) is 39.5. The molecule has 1 N–H and O–H groups in total. The van der Waals surface area contributed by atoms with Crippen LogP contribution >= 0.6 is 0 Å². The van der Waals surface area contributed by atoms with Crippen molar-refractivity contribution < 1.29 is 23.9 Å². The molecule has 0 aliphatic carbocycles. The van der Waals surface area contributed by atoms with Gasteiger partial charge in [0.2, 0.25) is 5.91 Å². The monoisotopic (exact) mass is 473 g/mol. The molecule has 0 bridgehead atoms. The number of hydrogen-bond acceptors (Lipinski definition) is 7. The molecule has 0 radical (unpaired) electrons. The molecule has 186 valence electrons. The number of hydrogen-bond donors (Lipinski definition) is 1. The molecule has 0 aliphatic rings. The van der Waals surface area contributed by atoms with E-state index in [9.17, 15) is 14.4 Å². The van der Waals surface area contributed by atoms with Crippen LogP contribution in [0.25, 0.3) is 11.3 Å². The molecule has 0 saturated heterocycles. The third-order valence-corrected chi connectivity index (χ3v) is 4.93. The average Bonchev–Trinajstić information content (AvgIpc) is 3.23. The number of carbonyl (C=O) groups is 3. The second kappa shape index (κ2) is 11.6. The second-order valence-electron chi connectivity index (χ2n) is 9.51. The number of methoxy groups -OCH3 is 1.